The summed E-state index contributed by atoms with van der Waals surface area (Å²) in [5, 5.41) is 5.04. The van der Waals surface area contributed by atoms with Gasteiger partial charge in [0.25, 0.3) is 0 Å². The fourth-order valence-corrected chi connectivity index (χ4v) is 2.49. The van der Waals surface area contributed by atoms with E-state index in [9.17, 15) is 18.4 Å². The summed E-state index contributed by atoms with van der Waals surface area (Å²) in [5.74, 6) is -0.607. The Morgan fingerprint density at radius 1 is 1.10 bits per heavy atom. The van der Waals surface area contributed by atoms with Gasteiger partial charge in [-0.2, -0.15) is 0 Å². The number of rotatable bonds is 6. The van der Waals surface area contributed by atoms with Gasteiger partial charge < -0.3 is 24.8 Å². The van der Waals surface area contributed by atoms with Gasteiger partial charge in [0.2, 0.25) is 11.8 Å². The first-order valence-corrected chi connectivity index (χ1v) is 8.59. The predicted octanol–water partition coefficient (Wildman–Crippen LogP) is 3.17. The number of nitrogens with one attached hydrogen (secondary N) is 2. The van der Waals surface area contributed by atoms with Crippen molar-refractivity contribution in [2.45, 2.75) is 19.3 Å². The molecule has 0 aliphatic carbocycles. The molecular formula is C20H18F2N2O5. The Bertz CT molecular complexity index is 944. The van der Waals surface area contributed by atoms with E-state index in [2.05, 4.69) is 20.1 Å². The summed E-state index contributed by atoms with van der Waals surface area (Å²) in [6, 6.07) is 10.1. The van der Waals surface area contributed by atoms with Gasteiger partial charge in [-0.25, -0.2) is 0 Å². The van der Waals surface area contributed by atoms with Gasteiger partial charge in [0, 0.05) is 17.8 Å². The number of amides is 2. The van der Waals surface area contributed by atoms with Gasteiger partial charge in [0.05, 0.1) is 7.11 Å². The van der Waals surface area contributed by atoms with E-state index in [-0.39, 0.29) is 17.2 Å². The number of anilines is 1. The largest absolute Gasteiger partial charge is 0.586 e. The van der Waals surface area contributed by atoms with Crippen molar-refractivity contribution in [3.8, 4) is 17.2 Å². The molecule has 0 radical (unpaired) electrons. The quantitative estimate of drug-likeness (QED) is 0.723. The molecule has 0 spiro atoms. The number of ether oxygens (including phenoxy) is 3. The van der Waals surface area contributed by atoms with Crippen LogP contribution in [0.15, 0.2) is 48.5 Å². The average molecular weight is 404 g/mol. The van der Waals surface area contributed by atoms with Crippen molar-refractivity contribution >= 4 is 23.6 Å². The first-order valence-electron chi connectivity index (χ1n) is 8.59. The summed E-state index contributed by atoms with van der Waals surface area (Å²) >= 11 is 0. The molecule has 29 heavy (non-hydrogen) atoms. The van der Waals surface area contributed by atoms with E-state index in [1.165, 1.54) is 31.2 Å². The van der Waals surface area contributed by atoms with Crippen molar-refractivity contribution in [2.24, 2.45) is 0 Å². The number of carbonyl (C=O) groups is 2. The minimum absolute atomic E-state index is 0.127. The normalized spacial score (nSPS) is 15.0. The van der Waals surface area contributed by atoms with Crippen molar-refractivity contribution in [3.63, 3.8) is 0 Å². The van der Waals surface area contributed by atoms with E-state index in [0.29, 0.717) is 5.75 Å². The molecule has 1 heterocycles. The molecule has 2 aromatic carbocycles. The second-order valence-corrected chi connectivity index (χ2v) is 6.16. The number of hydrogen-bond donors (Lipinski definition) is 2. The average Bonchev–Trinajstić information content (AvgIpc) is 2.99. The zero-order valence-corrected chi connectivity index (χ0v) is 15.6. The fraction of sp³-hybridized carbons (Fsp3) is 0.200. The molecule has 1 atom stereocenters. The Hall–Kier alpha value is -3.62. The van der Waals surface area contributed by atoms with E-state index in [1.54, 1.807) is 37.5 Å². The molecule has 0 unspecified atom stereocenters. The molecule has 2 aromatic rings. The summed E-state index contributed by atoms with van der Waals surface area (Å²) in [6.07, 6.45) is -0.839. The van der Waals surface area contributed by atoms with Gasteiger partial charge in [0.15, 0.2) is 11.5 Å². The highest BCUT2D eigenvalue weighted by Crippen LogP contribution is 2.42. The molecular weight excluding hydrogens is 386 g/mol. The van der Waals surface area contributed by atoms with Gasteiger partial charge in [-0.05, 0) is 42.8 Å². The first-order chi connectivity index (χ1) is 13.8. The summed E-state index contributed by atoms with van der Waals surface area (Å²) in [7, 11) is 1.56. The monoisotopic (exact) mass is 404 g/mol. The van der Waals surface area contributed by atoms with Crippen LogP contribution in [0, 0.1) is 0 Å². The predicted molar refractivity (Wildman–Crippen MR) is 101 cm³/mol. The number of methoxy groups -OCH3 is 1. The van der Waals surface area contributed by atoms with Crippen LogP contribution in [0.3, 0.4) is 0 Å². The molecule has 9 heteroatoms. The molecule has 3 rings (SSSR count). The minimum atomic E-state index is -3.73. The van der Waals surface area contributed by atoms with Crippen molar-refractivity contribution in [1.29, 1.82) is 0 Å². The molecule has 0 bridgehead atoms. The summed E-state index contributed by atoms with van der Waals surface area (Å²) < 4.78 is 39.8. The lowest BCUT2D eigenvalue weighted by molar-refractivity contribution is -0.286. The molecule has 0 fully saturated rings. The summed E-state index contributed by atoms with van der Waals surface area (Å²) in [4.78, 5) is 24.2. The Labute approximate surface area is 165 Å². The Kier molecular flexibility index (Phi) is 5.67. The van der Waals surface area contributed by atoms with Gasteiger partial charge in [-0.15, -0.1) is 8.78 Å². The number of carbonyl (C=O) groups excluding carboxylic acids is 2. The van der Waals surface area contributed by atoms with Crippen LogP contribution < -0.4 is 24.8 Å². The van der Waals surface area contributed by atoms with Crippen LogP contribution in [-0.4, -0.2) is 31.3 Å². The maximum atomic E-state index is 13.0. The standard InChI is InChI=1S/C20H18F2N2O5/c1-12(23-18(25)10-5-13-3-7-15(27-2)8-4-13)19(26)24-14-6-9-16-17(11-14)29-20(21,22)28-16/h3-12H,1-2H3,(H,23,25)(H,24,26)/b10-5+/t12-/m1/s1. The van der Waals surface area contributed by atoms with Crippen LogP contribution in [0.4, 0.5) is 14.5 Å². The van der Waals surface area contributed by atoms with Crippen molar-refractivity contribution in [3.05, 3.63) is 54.1 Å². The van der Waals surface area contributed by atoms with E-state index in [0.717, 1.165) is 5.56 Å². The highest BCUT2D eigenvalue weighted by atomic mass is 19.3. The van der Waals surface area contributed by atoms with E-state index in [1.807, 2.05) is 0 Å². The molecule has 152 valence electrons. The van der Waals surface area contributed by atoms with Gasteiger partial charge in [-0.1, -0.05) is 12.1 Å². The molecule has 7 nitrogen and oxygen atoms in total. The Balaban J connectivity index is 1.54. The van der Waals surface area contributed by atoms with Crippen LogP contribution in [0.2, 0.25) is 0 Å². The van der Waals surface area contributed by atoms with E-state index in [4.69, 9.17) is 4.74 Å². The lowest BCUT2D eigenvalue weighted by atomic mass is 10.2. The minimum Gasteiger partial charge on any atom is -0.497 e. The maximum Gasteiger partial charge on any atom is 0.586 e. The lowest BCUT2D eigenvalue weighted by Crippen LogP contribution is -2.40. The number of benzene rings is 2. The van der Waals surface area contributed by atoms with Crippen LogP contribution in [0.5, 0.6) is 17.2 Å². The molecule has 0 saturated carbocycles. The van der Waals surface area contributed by atoms with E-state index < -0.39 is 24.2 Å². The molecule has 2 N–H and O–H groups in total. The van der Waals surface area contributed by atoms with Crippen molar-refractivity contribution in [2.75, 3.05) is 12.4 Å². The summed E-state index contributed by atoms with van der Waals surface area (Å²) in [5.41, 5.74) is 1.01. The van der Waals surface area contributed by atoms with E-state index >= 15 is 0 Å². The third kappa shape index (κ3) is 5.22. The van der Waals surface area contributed by atoms with Crippen LogP contribution in [0.25, 0.3) is 6.08 Å². The van der Waals surface area contributed by atoms with Gasteiger partial charge >= 0.3 is 6.29 Å². The molecule has 1 aliphatic heterocycles. The zero-order chi connectivity index (χ0) is 21.0. The second kappa shape index (κ2) is 8.17. The number of fused-ring (bicyclic) bond motifs is 1. The van der Waals surface area contributed by atoms with Crippen LogP contribution in [0.1, 0.15) is 12.5 Å². The van der Waals surface area contributed by atoms with Crippen LogP contribution in [-0.2, 0) is 9.59 Å². The maximum absolute atomic E-state index is 13.0. The SMILES string of the molecule is COc1ccc(/C=C/C(=O)N[C@H](C)C(=O)Nc2ccc3c(c2)OC(F)(F)O3)cc1. The van der Waals surface area contributed by atoms with Gasteiger partial charge in [0.1, 0.15) is 11.8 Å². The second-order valence-electron chi connectivity index (χ2n) is 6.16. The third-order valence-electron chi connectivity index (χ3n) is 3.96. The van der Waals surface area contributed by atoms with Crippen LogP contribution >= 0.6 is 0 Å². The number of alkyl halides is 2. The topological polar surface area (TPSA) is 85.9 Å². The Morgan fingerprint density at radius 3 is 2.48 bits per heavy atom. The lowest BCUT2D eigenvalue weighted by Gasteiger charge is -2.13. The number of hydrogen-bond acceptors (Lipinski definition) is 5. The first kappa shape index (κ1) is 20.1. The molecule has 0 saturated heterocycles. The van der Waals surface area contributed by atoms with Gasteiger partial charge in [-0.3, -0.25) is 9.59 Å². The molecule has 0 aromatic heterocycles. The highest BCUT2D eigenvalue weighted by molar-refractivity contribution is 6.00. The fourth-order valence-electron chi connectivity index (χ4n) is 2.49. The highest BCUT2D eigenvalue weighted by Gasteiger charge is 2.43. The third-order valence-corrected chi connectivity index (χ3v) is 3.96. The van der Waals surface area contributed by atoms with Crippen molar-refractivity contribution < 1.29 is 32.6 Å². The smallest absolute Gasteiger partial charge is 0.497 e. The molecule has 1 aliphatic rings. The Morgan fingerprint density at radius 2 is 1.79 bits per heavy atom. The number of halogens is 2. The zero-order valence-electron chi connectivity index (χ0n) is 15.6. The molecule has 2 amide bonds. The van der Waals surface area contributed by atoms with Crippen molar-refractivity contribution in [1.82, 2.24) is 5.32 Å². The summed E-state index contributed by atoms with van der Waals surface area (Å²) in [6.45, 7) is 1.50.